The van der Waals surface area contributed by atoms with E-state index in [0.717, 1.165) is 50.0 Å². The number of carbonyl (C=O) groups is 1. The number of nitrogens with one attached hydrogen (secondary N) is 1. The molecule has 1 saturated heterocycles. The van der Waals surface area contributed by atoms with Crippen molar-refractivity contribution in [3.8, 4) is 5.75 Å². The molecule has 1 unspecified atom stereocenters. The van der Waals surface area contributed by atoms with Crippen LogP contribution in [0.2, 0.25) is 0 Å². The first kappa shape index (κ1) is 26.0. The summed E-state index contributed by atoms with van der Waals surface area (Å²) in [5, 5.41) is 5.34. The molecule has 182 valence electrons. The Bertz CT molecular complexity index is 1030. The van der Waals surface area contributed by atoms with Crippen LogP contribution < -0.4 is 15.8 Å². The summed E-state index contributed by atoms with van der Waals surface area (Å²) in [6, 6.07) is 1.61. The van der Waals surface area contributed by atoms with Crippen molar-refractivity contribution in [1.29, 1.82) is 0 Å². The van der Waals surface area contributed by atoms with E-state index in [1.807, 2.05) is 6.07 Å². The van der Waals surface area contributed by atoms with Crippen molar-refractivity contribution in [3.05, 3.63) is 44.9 Å². The van der Waals surface area contributed by atoms with Crippen molar-refractivity contribution in [2.75, 3.05) is 26.6 Å². The SMILES string of the molecule is COc1cc(C)c(CN=C(N)N2CCC[C@@H](CC(NCB=O)C(=O)c3nccs3)C2)c(C)c1C. The number of aliphatic imine (C=N–C) groups is 1. The van der Waals surface area contributed by atoms with Crippen LogP contribution in [-0.4, -0.2) is 61.5 Å². The number of guanidine groups is 1. The van der Waals surface area contributed by atoms with Gasteiger partial charge in [0.15, 0.2) is 0 Å². The first-order chi connectivity index (χ1) is 16.3. The third kappa shape index (κ3) is 6.30. The standard InChI is InChI=1S/C24H34BN5O3S/c1-15-10-21(33-4)17(3)16(2)19(15)12-28-24(26)30-8-5-6-18(13-30)11-20(29-14-25-32)22(31)23-27-7-9-34-23/h7,9-10,18,20,29H,5-6,8,11-14H2,1-4H3,(H2,26,28)/t18-,20?/m0/s1. The van der Waals surface area contributed by atoms with Crippen molar-refractivity contribution in [2.45, 2.75) is 52.6 Å². The third-order valence-electron chi connectivity index (χ3n) is 6.65. The molecule has 2 atom stereocenters. The number of nitrogens with zero attached hydrogens (tertiary/aromatic N) is 3. The number of benzene rings is 1. The summed E-state index contributed by atoms with van der Waals surface area (Å²) in [7, 11) is 2.47. The smallest absolute Gasteiger partial charge is 0.0390 e. The Morgan fingerprint density at radius 3 is 2.88 bits per heavy atom. The molecule has 0 aliphatic carbocycles. The predicted molar refractivity (Wildman–Crippen MR) is 136 cm³/mol. The predicted octanol–water partition coefficient (Wildman–Crippen LogP) is 2.84. The van der Waals surface area contributed by atoms with Crippen LogP contribution in [0, 0.1) is 26.7 Å². The molecule has 3 N–H and O–H groups in total. The molecule has 1 fully saturated rings. The fraction of sp³-hybridized carbons (Fsp3) is 0.542. The number of hydrogen-bond acceptors (Lipinski definition) is 7. The first-order valence-corrected chi connectivity index (χ1v) is 12.5. The molecule has 0 spiro atoms. The number of piperidine rings is 1. The number of hydrogen-bond donors (Lipinski definition) is 2. The summed E-state index contributed by atoms with van der Waals surface area (Å²) in [6.07, 6.45) is 4.38. The molecule has 2 aromatic rings. The molecule has 0 amide bonds. The number of ether oxygens (including phenoxy) is 1. The molecule has 0 bridgehead atoms. The minimum Gasteiger partial charge on any atom is -0.0390 e. The Morgan fingerprint density at radius 2 is 2.21 bits per heavy atom. The molecule has 8 nitrogen and oxygen atoms in total. The van der Waals surface area contributed by atoms with Crippen molar-refractivity contribution < 1.29 is 14.2 Å². The van der Waals surface area contributed by atoms with E-state index in [4.69, 9.17) is 15.5 Å². The second-order valence-electron chi connectivity index (χ2n) is 8.82. The van der Waals surface area contributed by atoms with Crippen molar-refractivity contribution in [3.63, 3.8) is 0 Å². The molecular formula is C24H34BN5O3S. The van der Waals surface area contributed by atoms with E-state index >= 15 is 0 Å². The number of thiazole rings is 1. The Kier molecular flexibility index (Phi) is 9.35. The Hall–Kier alpha value is -2.59. The molecule has 1 aliphatic heterocycles. The van der Waals surface area contributed by atoms with Gasteiger partial charge in [0.2, 0.25) is 0 Å². The van der Waals surface area contributed by atoms with Gasteiger partial charge in [0.05, 0.1) is 7.11 Å². The number of nitrogens with two attached hydrogens (primary N) is 1. The van der Waals surface area contributed by atoms with Gasteiger partial charge >= 0.3 is 156 Å². The zero-order chi connectivity index (χ0) is 24.7. The van der Waals surface area contributed by atoms with E-state index in [1.165, 1.54) is 22.5 Å². The number of aryl methyl sites for hydroxylation is 1. The average molecular weight is 483 g/mol. The minimum absolute atomic E-state index is 0.0589. The maximum absolute atomic E-state index is 12.9. The van der Waals surface area contributed by atoms with Crippen molar-refractivity contribution in [2.24, 2.45) is 16.6 Å². The second kappa shape index (κ2) is 12.2. The molecule has 3 rings (SSSR count). The van der Waals surface area contributed by atoms with E-state index in [9.17, 15) is 9.50 Å². The molecule has 1 aromatic carbocycles. The van der Waals surface area contributed by atoms with Crippen molar-refractivity contribution in [1.82, 2.24) is 15.2 Å². The average Bonchev–Trinajstić information content (AvgIpc) is 3.38. The molecular weight excluding hydrogens is 449 g/mol. The van der Waals surface area contributed by atoms with Gasteiger partial charge in [-0.25, -0.2) is 0 Å². The monoisotopic (exact) mass is 483 g/mol. The Labute approximate surface area is 206 Å². The van der Waals surface area contributed by atoms with Crippen LogP contribution in [-0.2, 0) is 11.2 Å². The van der Waals surface area contributed by atoms with Gasteiger partial charge in [0.25, 0.3) is 0 Å². The number of methoxy groups -OCH3 is 1. The summed E-state index contributed by atoms with van der Waals surface area (Å²) >= 11 is 1.32. The van der Waals surface area contributed by atoms with Gasteiger partial charge in [-0.3, -0.25) is 0 Å². The summed E-state index contributed by atoms with van der Waals surface area (Å²) in [5.74, 6) is 1.62. The van der Waals surface area contributed by atoms with Crippen LogP contribution >= 0.6 is 11.3 Å². The number of likely N-dealkylation sites (tertiary alicyclic amines) is 1. The molecule has 10 heteroatoms. The zero-order valence-corrected chi connectivity index (χ0v) is 21.3. The van der Waals surface area contributed by atoms with E-state index in [1.54, 1.807) is 18.7 Å². The fourth-order valence-corrected chi connectivity index (χ4v) is 5.21. The first-order valence-electron chi connectivity index (χ1n) is 11.6. The van der Waals surface area contributed by atoms with Gasteiger partial charge < -0.3 is 4.74 Å². The van der Waals surface area contributed by atoms with Gasteiger partial charge in [0, 0.05) is 0 Å². The topological polar surface area (TPSA) is 110 Å². The summed E-state index contributed by atoms with van der Waals surface area (Å²) in [5.41, 5.74) is 11.0. The van der Waals surface area contributed by atoms with Gasteiger partial charge in [-0.1, -0.05) is 0 Å². The molecule has 1 aromatic heterocycles. The Balaban J connectivity index is 1.67. The van der Waals surface area contributed by atoms with Crippen LogP contribution in [0.15, 0.2) is 22.6 Å². The molecule has 34 heavy (non-hydrogen) atoms. The van der Waals surface area contributed by atoms with Crippen molar-refractivity contribution >= 4 is 30.2 Å². The van der Waals surface area contributed by atoms with E-state index in [2.05, 4.69) is 36.0 Å². The van der Waals surface area contributed by atoms with Crippen LogP contribution in [0.4, 0.5) is 0 Å². The van der Waals surface area contributed by atoms with E-state index in [-0.39, 0.29) is 18.1 Å². The summed E-state index contributed by atoms with van der Waals surface area (Å²) in [4.78, 5) is 23.9. The number of rotatable bonds is 10. The third-order valence-corrected chi connectivity index (χ3v) is 7.43. The zero-order valence-electron chi connectivity index (χ0n) is 20.5. The summed E-state index contributed by atoms with van der Waals surface area (Å²) in [6.45, 7) is 8.31. The normalized spacial score (nSPS) is 17.4. The molecule has 0 radical (unpaired) electrons. The summed E-state index contributed by atoms with van der Waals surface area (Å²) < 4.78 is 16.4. The van der Waals surface area contributed by atoms with Crippen LogP contribution in [0.1, 0.15) is 51.3 Å². The molecule has 0 saturated carbocycles. The number of ketones is 1. The maximum atomic E-state index is 12.9. The Morgan fingerprint density at radius 1 is 1.41 bits per heavy atom. The number of carbonyl (C=O) groups excluding carboxylic acids is 1. The van der Waals surface area contributed by atoms with E-state index in [0.29, 0.717) is 23.9 Å². The minimum atomic E-state index is -0.438. The van der Waals surface area contributed by atoms with Crippen LogP contribution in [0.5, 0.6) is 5.75 Å². The van der Waals surface area contributed by atoms with Gasteiger partial charge in [0.1, 0.15) is 5.75 Å². The van der Waals surface area contributed by atoms with Gasteiger partial charge in [-0.2, -0.15) is 0 Å². The molecule has 2 heterocycles. The van der Waals surface area contributed by atoms with E-state index < -0.39 is 6.04 Å². The molecule has 1 aliphatic rings. The number of Topliss-reactive ketones (excluding diaryl/α,β-unsaturated/α-hetero) is 1. The van der Waals surface area contributed by atoms with Crippen LogP contribution in [0.3, 0.4) is 0 Å². The van der Waals surface area contributed by atoms with Gasteiger partial charge in [-0.05, 0) is 32.4 Å². The second-order valence-corrected chi connectivity index (χ2v) is 9.71. The quantitative estimate of drug-likeness (QED) is 0.231. The number of aromatic nitrogens is 1. The van der Waals surface area contributed by atoms with Crippen LogP contribution in [0.25, 0.3) is 0 Å². The van der Waals surface area contributed by atoms with Gasteiger partial charge in [-0.15, -0.1) is 0 Å². The fourth-order valence-electron chi connectivity index (χ4n) is 4.58.